The van der Waals surface area contributed by atoms with Crippen molar-refractivity contribution in [1.82, 2.24) is 5.32 Å². The molecular weight excluding hydrogens is 301 g/mol. The number of fused-ring (bicyclic) bond motifs is 3. The van der Waals surface area contributed by atoms with Gasteiger partial charge in [-0.25, -0.2) is 4.39 Å². The third-order valence-electron chi connectivity index (χ3n) is 4.48. The lowest BCUT2D eigenvalue weighted by Gasteiger charge is -2.14. The zero-order valence-corrected chi connectivity index (χ0v) is 13.0. The van der Waals surface area contributed by atoms with E-state index in [0.717, 1.165) is 27.8 Å². The Morgan fingerprint density at radius 3 is 1.96 bits per heavy atom. The number of nitrogens with one attached hydrogen (secondary N) is 1. The Morgan fingerprint density at radius 2 is 1.38 bits per heavy atom. The van der Waals surface area contributed by atoms with Crippen LogP contribution in [0.5, 0.6) is 0 Å². The highest BCUT2D eigenvalue weighted by Crippen LogP contribution is 2.44. The number of amides is 1. The van der Waals surface area contributed by atoms with Gasteiger partial charge < -0.3 is 5.32 Å². The molecule has 4 rings (SSSR count). The summed E-state index contributed by atoms with van der Waals surface area (Å²) in [6, 6.07) is 22.2. The Balaban J connectivity index is 1.61. The summed E-state index contributed by atoms with van der Waals surface area (Å²) in [6.45, 7) is 0.389. The number of rotatable bonds is 3. The van der Waals surface area contributed by atoms with Crippen molar-refractivity contribution in [2.45, 2.75) is 12.5 Å². The van der Waals surface area contributed by atoms with Crippen molar-refractivity contribution >= 4 is 5.91 Å². The van der Waals surface area contributed by atoms with E-state index in [1.54, 1.807) is 12.1 Å². The van der Waals surface area contributed by atoms with Crippen molar-refractivity contribution in [2.24, 2.45) is 0 Å². The molecule has 0 saturated carbocycles. The van der Waals surface area contributed by atoms with E-state index in [1.807, 2.05) is 36.4 Å². The van der Waals surface area contributed by atoms with Gasteiger partial charge in [-0.05, 0) is 39.9 Å². The SMILES string of the molecule is O=C(NCc1ccc(F)cc1)C1c2ccccc2-c2ccccc21. The second-order valence-corrected chi connectivity index (χ2v) is 5.95. The van der Waals surface area contributed by atoms with Crippen molar-refractivity contribution in [3.05, 3.63) is 95.3 Å². The first-order valence-corrected chi connectivity index (χ1v) is 7.94. The van der Waals surface area contributed by atoms with E-state index in [0.29, 0.717) is 6.54 Å². The Labute approximate surface area is 140 Å². The van der Waals surface area contributed by atoms with Gasteiger partial charge in [-0.15, -0.1) is 0 Å². The smallest absolute Gasteiger partial charge is 0.232 e. The second-order valence-electron chi connectivity index (χ2n) is 5.95. The molecule has 0 spiro atoms. The van der Waals surface area contributed by atoms with E-state index in [-0.39, 0.29) is 17.6 Å². The fourth-order valence-corrected chi connectivity index (χ4v) is 3.33. The topological polar surface area (TPSA) is 29.1 Å². The van der Waals surface area contributed by atoms with Crippen molar-refractivity contribution in [3.63, 3.8) is 0 Å². The predicted molar refractivity (Wildman–Crippen MR) is 92.0 cm³/mol. The molecule has 0 unspecified atom stereocenters. The number of carbonyl (C=O) groups is 1. The minimum Gasteiger partial charge on any atom is -0.351 e. The normalized spacial score (nSPS) is 12.5. The van der Waals surface area contributed by atoms with Crippen LogP contribution in [0, 0.1) is 5.82 Å². The zero-order chi connectivity index (χ0) is 16.5. The van der Waals surface area contributed by atoms with E-state index in [4.69, 9.17) is 0 Å². The first-order valence-electron chi connectivity index (χ1n) is 7.94. The average Bonchev–Trinajstić information content (AvgIpc) is 2.96. The summed E-state index contributed by atoms with van der Waals surface area (Å²) in [5.41, 5.74) is 5.19. The fraction of sp³-hybridized carbons (Fsp3) is 0.0952. The van der Waals surface area contributed by atoms with E-state index in [1.165, 1.54) is 12.1 Å². The summed E-state index contributed by atoms with van der Waals surface area (Å²) >= 11 is 0. The minimum absolute atomic E-state index is 0.0308. The van der Waals surface area contributed by atoms with Crippen LogP contribution in [0.4, 0.5) is 4.39 Å². The fourth-order valence-electron chi connectivity index (χ4n) is 3.33. The molecule has 0 heterocycles. The summed E-state index contributed by atoms with van der Waals surface area (Å²) in [6.07, 6.45) is 0. The molecule has 0 bridgehead atoms. The molecule has 3 aromatic rings. The van der Waals surface area contributed by atoms with Gasteiger partial charge in [0, 0.05) is 6.54 Å². The van der Waals surface area contributed by atoms with E-state index in [9.17, 15) is 9.18 Å². The van der Waals surface area contributed by atoms with Gasteiger partial charge in [0.15, 0.2) is 0 Å². The van der Waals surface area contributed by atoms with Gasteiger partial charge in [0.2, 0.25) is 5.91 Å². The highest BCUT2D eigenvalue weighted by Gasteiger charge is 2.33. The average molecular weight is 317 g/mol. The number of hydrogen-bond acceptors (Lipinski definition) is 1. The summed E-state index contributed by atoms with van der Waals surface area (Å²) in [7, 11) is 0. The second kappa shape index (κ2) is 5.93. The molecule has 0 aliphatic heterocycles. The summed E-state index contributed by atoms with van der Waals surface area (Å²) in [4.78, 5) is 12.8. The minimum atomic E-state index is -0.294. The maximum absolute atomic E-state index is 13.0. The Bertz CT molecular complexity index is 856. The number of carbonyl (C=O) groups excluding carboxylic acids is 1. The summed E-state index contributed by atoms with van der Waals surface area (Å²) in [5.74, 6) is -0.599. The molecule has 0 radical (unpaired) electrons. The van der Waals surface area contributed by atoms with Crippen LogP contribution in [0.3, 0.4) is 0 Å². The molecule has 24 heavy (non-hydrogen) atoms. The Hall–Kier alpha value is -2.94. The lowest BCUT2D eigenvalue weighted by atomic mass is 9.96. The zero-order valence-electron chi connectivity index (χ0n) is 13.0. The van der Waals surface area contributed by atoms with Crippen LogP contribution in [0.1, 0.15) is 22.6 Å². The predicted octanol–water partition coefficient (Wildman–Crippen LogP) is 4.25. The van der Waals surface area contributed by atoms with E-state index >= 15 is 0 Å². The highest BCUT2D eigenvalue weighted by atomic mass is 19.1. The monoisotopic (exact) mass is 317 g/mol. The van der Waals surface area contributed by atoms with Crippen LogP contribution in [0.15, 0.2) is 72.8 Å². The van der Waals surface area contributed by atoms with Crippen LogP contribution in [-0.4, -0.2) is 5.91 Å². The summed E-state index contributed by atoms with van der Waals surface area (Å²) < 4.78 is 13.0. The molecule has 2 nitrogen and oxygen atoms in total. The molecule has 1 aliphatic carbocycles. The highest BCUT2D eigenvalue weighted by molar-refractivity contribution is 5.96. The van der Waals surface area contributed by atoms with Crippen molar-refractivity contribution in [2.75, 3.05) is 0 Å². The largest absolute Gasteiger partial charge is 0.351 e. The lowest BCUT2D eigenvalue weighted by Crippen LogP contribution is -2.28. The molecule has 118 valence electrons. The molecule has 0 aromatic heterocycles. The third kappa shape index (κ3) is 2.48. The van der Waals surface area contributed by atoms with Gasteiger partial charge in [0.1, 0.15) is 5.82 Å². The Kier molecular flexibility index (Phi) is 3.62. The maximum atomic E-state index is 13.0. The van der Waals surface area contributed by atoms with Crippen LogP contribution in [-0.2, 0) is 11.3 Å². The van der Waals surface area contributed by atoms with E-state index < -0.39 is 0 Å². The lowest BCUT2D eigenvalue weighted by molar-refractivity contribution is -0.121. The quantitative estimate of drug-likeness (QED) is 0.768. The molecule has 1 N–H and O–H groups in total. The molecule has 0 fully saturated rings. The number of hydrogen-bond donors (Lipinski definition) is 1. The van der Waals surface area contributed by atoms with Gasteiger partial charge in [0.05, 0.1) is 5.92 Å². The van der Waals surface area contributed by atoms with Crippen molar-refractivity contribution in [3.8, 4) is 11.1 Å². The van der Waals surface area contributed by atoms with Gasteiger partial charge in [0.25, 0.3) is 0 Å². The molecule has 0 saturated heterocycles. The molecular formula is C21H16FNO. The number of halogens is 1. The first-order chi connectivity index (χ1) is 11.7. The van der Waals surface area contributed by atoms with Gasteiger partial charge in [-0.2, -0.15) is 0 Å². The van der Waals surface area contributed by atoms with Crippen molar-refractivity contribution < 1.29 is 9.18 Å². The standard InChI is InChI=1S/C21H16FNO/c22-15-11-9-14(10-12-15)13-23-21(24)20-18-7-3-1-5-16(18)17-6-2-4-8-19(17)20/h1-12,20H,13H2,(H,23,24). The van der Waals surface area contributed by atoms with Crippen LogP contribution < -0.4 is 5.32 Å². The first kappa shape index (κ1) is 14.6. The number of benzene rings is 3. The van der Waals surface area contributed by atoms with Crippen LogP contribution in [0.2, 0.25) is 0 Å². The molecule has 3 heteroatoms. The molecule has 1 amide bonds. The van der Waals surface area contributed by atoms with Gasteiger partial charge in [-0.3, -0.25) is 4.79 Å². The van der Waals surface area contributed by atoms with Crippen LogP contribution >= 0.6 is 0 Å². The Morgan fingerprint density at radius 1 is 0.833 bits per heavy atom. The van der Waals surface area contributed by atoms with Crippen molar-refractivity contribution in [1.29, 1.82) is 0 Å². The van der Waals surface area contributed by atoms with E-state index in [2.05, 4.69) is 17.4 Å². The molecule has 1 aliphatic rings. The molecule has 3 aromatic carbocycles. The van der Waals surface area contributed by atoms with Gasteiger partial charge in [-0.1, -0.05) is 60.7 Å². The maximum Gasteiger partial charge on any atom is 0.232 e. The van der Waals surface area contributed by atoms with Crippen LogP contribution in [0.25, 0.3) is 11.1 Å². The third-order valence-corrected chi connectivity index (χ3v) is 4.48. The molecule has 0 atom stereocenters. The summed E-state index contributed by atoms with van der Waals surface area (Å²) in [5, 5.41) is 2.98. The van der Waals surface area contributed by atoms with Gasteiger partial charge >= 0.3 is 0 Å².